The second-order valence-corrected chi connectivity index (χ2v) is 7.75. The number of carbonyl (C=O) groups is 1. The first kappa shape index (κ1) is 17.6. The molecule has 29 heavy (non-hydrogen) atoms. The molecule has 1 saturated carbocycles. The molecule has 3 aromatic rings. The molecule has 3 aromatic heterocycles. The van der Waals surface area contributed by atoms with Crippen LogP contribution in [0.15, 0.2) is 48.7 Å². The molecule has 0 bridgehead atoms. The number of aromatic nitrogens is 4. The van der Waals surface area contributed by atoms with Crippen molar-refractivity contribution in [3.05, 3.63) is 59.8 Å². The first-order valence-electron chi connectivity index (χ1n) is 9.82. The number of nitrogens with zero attached hydrogens (tertiary/aromatic N) is 4. The van der Waals surface area contributed by atoms with E-state index in [1.54, 1.807) is 18.6 Å². The SMILES string of the molecule is C/C(Nc1ccn(CC2CC2)n1)=C1/C(=O)Nc2cnc(-c3cnccc3C)cc21. The van der Waals surface area contributed by atoms with Gasteiger partial charge in [-0.2, -0.15) is 5.10 Å². The number of hydrogen-bond acceptors (Lipinski definition) is 5. The molecule has 146 valence electrons. The van der Waals surface area contributed by atoms with Crippen molar-refractivity contribution in [3.8, 4) is 11.3 Å². The zero-order valence-corrected chi connectivity index (χ0v) is 16.4. The van der Waals surface area contributed by atoms with Gasteiger partial charge in [0.2, 0.25) is 0 Å². The number of amides is 1. The number of nitrogens with one attached hydrogen (secondary N) is 2. The van der Waals surface area contributed by atoms with Crippen molar-refractivity contribution in [2.24, 2.45) is 5.92 Å². The van der Waals surface area contributed by atoms with Crippen molar-refractivity contribution in [2.45, 2.75) is 33.2 Å². The monoisotopic (exact) mass is 386 g/mol. The Bertz CT molecular complexity index is 1140. The largest absolute Gasteiger partial charge is 0.342 e. The minimum atomic E-state index is -0.135. The Morgan fingerprint density at radius 3 is 2.93 bits per heavy atom. The molecule has 0 atom stereocenters. The summed E-state index contributed by atoms with van der Waals surface area (Å²) in [5.41, 5.74) is 5.77. The highest BCUT2D eigenvalue weighted by molar-refractivity contribution is 6.32. The predicted molar refractivity (Wildman–Crippen MR) is 112 cm³/mol. The number of aryl methyl sites for hydroxylation is 1. The molecule has 2 aliphatic rings. The maximum absolute atomic E-state index is 12.7. The minimum absolute atomic E-state index is 0.135. The number of allylic oxidation sites excluding steroid dienone is 1. The molecule has 0 saturated heterocycles. The average molecular weight is 386 g/mol. The highest BCUT2D eigenvalue weighted by atomic mass is 16.2. The lowest BCUT2D eigenvalue weighted by Gasteiger charge is -2.09. The summed E-state index contributed by atoms with van der Waals surface area (Å²) in [5.74, 6) is 1.37. The molecular formula is C22H22N6O. The van der Waals surface area contributed by atoms with E-state index >= 15 is 0 Å². The van der Waals surface area contributed by atoms with Crippen LogP contribution < -0.4 is 10.6 Å². The van der Waals surface area contributed by atoms with E-state index in [9.17, 15) is 4.79 Å². The Morgan fingerprint density at radius 2 is 2.14 bits per heavy atom. The number of fused-ring (bicyclic) bond motifs is 1. The maximum atomic E-state index is 12.7. The van der Waals surface area contributed by atoms with Gasteiger partial charge >= 0.3 is 0 Å². The number of anilines is 2. The van der Waals surface area contributed by atoms with Gasteiger partial charge in [0.25, 0.3) is 5.91 Å². The topological polar surface area (TPSA) is 84.7 Å². The summed E-state index contributed by atoms with van der Waals surface area (Å²) < 4.78 is 1.97. The maximum Gasteiger partial charge on any atom is 0.258 e. The van der Waals surface area contributed by atoms with Gasteiger partial charge in [-0.05, 0) is 50.3 Å². The lowest BCUT2D eigenvalue weighted by Crippen LogP contribution is -2.09. The first-order chi connectivity index (χ1) is 14.1. The molecule has 7 heteroatoms. The van der Waals surface area contributed by atoms with Gasteiger partial charge in [-0.1, -0.05) is 0 Å². The fourth-order valence-electron chi connectivity index (χ4n) is 3.67. The Hall–Kier alpha value is -3.48. The molecule has 1 aliphatic carbocycles. The highest BCUT2D eigenvalue weighted by Crippen LogP contribution is 2.36. The summed E-state index contributed by atoms with van der Waals surface area (Å²) in [7, 11) is 0. The molecule has 1 aliphatic heterocycles. The summed E-state index contributed by atoms with van der Waals surface area (Å²) in [6.45, 7) is 4.89. The van der Waals surface area contributed by atoms with Crippen LogP contribution >= 0.6 is 0 Å². The van der Waals surface area contributed by atoms with E-state index in [4.69, 9.17) is 0 Å². The van der Waals surface area contributed by atoms with E-state index in [0.717, 1.165) is 52.0 Å². The Morgan fingerprint density at radius 1 is 1.28 bits per heavy atom. The lowest BCUT2D eigenvalue weighted by molar-refractivity contribution is -0.110. The Balaban J connectivity index is 1.47. The van der Waals surface area contributed by atoms with E-state index in [1.165, 1.54) is 12.8 Å². The van der Waals surface area contributed by atoms with Crippen LogP contribution in [-0.2, 0) is 11.3 Å². The van der Waals surface area contributed by atoms with Crippen LogP contribution in [0.25, 0.3) is 16.8 Å². The molecule has 0 radical (unpaired) electrons. The predicted octanol–water partition coefficient (Wildman–Crippen LogP) is 3.85. The van der Waals surface area contributed by atoms with E-state index in [2.05, 4.69) is 25.7 Å². The number of pyridine rings is 2. The third kappa shape index (κ3) is 3.40. The van der Waals surface area contributed by atoms with Crippen molar-refractivity contribution < 1.29 is 4.79 Å². The summed E-state index contributed by atoms with van der Waals surface area (Å²) in [4.78, 5) is 21.4. The van der Waals surface area contributed by atoms with E-state index in [-0.39, 0.29) is 5.91 Å². The number of hydrogen-bond donors (Lipinski definition) is 2. The van der Waals surface area contributed by atoms with Gasteiger partial charge < -0.3 is 10.6 Å². The quantitative estimate of drug-likeness (QED) is 0.651. The summed E-state index contributed by atoms with van der Waals surface area (Å²) in [6, 6.07) is 5.84. The van der Waals surface area contributed by atoms with E-state index < -0.39 is 0 Å². The van der Waals surface area contributed by atoms with Gasteiger partial charge in [0.15, 0.2) is 5.82 Å². The number of carbonyl (C=O) groups excluding carboxylic acids is 1. The highest BCUT2D eigenvalue weighted by Gasteiger charge is 2.28. The van der Waals surface area contributed by atoms with Gasteiger partial charge in [0, 0.05) is 48.0 Å². The molecule has 0 unspecified atom stereocenters. The number of rotatable bonds is 5. The van der Waals surface area contributed by atoms with Crippen molar-refractivity contribution in [1.29, 1.82) is 0 Å². The van der Waals surface area contributed by atoms with Crippen LogP contribution in [0.3, 0.4) is 0 Å². The summed E-state index contributed by atoms with van der Waals surface area (Å²) in [5, 5.41) is 10.8. The normalized spacial score (nSPS) is 17.1. The van der Waals surface area contributed by atoms with Crippen LogP contribution in [0.1, 0.15) is 30.9 Å². The third-order valence-electron chi connectivity index (χ3n) is 5.44. The summed E-state index contributed by atoms with van der Waals surface area (Å²) in [6.07, 6.45) is 9.83. The average Bonchev–Trinajstić information content (AvgIpc) is 3.30. The third-order valence-corrected chi connectivity index (χ3v) is 5.44. The van der Waals surface area contributed by atoms with Gasteiger partial charge in [0.05, 0.1) is 23.2 Å². The van der Waals surface area contributed by atoms with E-state index in [0.29, 0.717) is 5.57 Å². The Kier molecular flexibility index (Phi) is 4.16. The molecule has 7 nitrogen and oxygen atoms in total. The molecule has 0 aromatic carbocycles. The fraction of sp³-hybridized carbons (Fsp3) is 0.273. The van der Waals surface area contributed by atoms with Gasteiger partial charge in [-0.15, -0.1) is 0 Å². The van der Waals surface area contributed by atoms with Crippen LogP contribution in [0.5, 0.6) is 0 Å². The van der Waals surface area contributed by atoms with Crippen LogP contribution in [0.2, 0.25) is 0 Å². The van der Waals surface area contributed by atoms with Gasteiger partial charge in [-0.3, -0.25) is 19.4 Å². The molecule has 1 fully saturated rings. The van der Waals surface area contributed by atoms with Crippen molar-refractivity contribution in [3.63, 3.8) is 0 Å². The molecule has 5 rings (SSSR count). The Labute approximate surface area is 168 Å². The van der Waals surface area contributed by atoms with Crippen molar-refractivity contribution >= 4 is 23.0 Å². The molecule has 0 spiro atoms. The van der Waals surface area contributed by atoms with Crippen LogP contribution in [-0.4, -0.2) is 25.7 Å². The lowest BCUT2D eigenvalue weighted by atomic mass is 10.0. The van der Waals surface area contributed by atoms with E-state index in [1.807, 2.05) is 42.9 Å². The molecule has 2 N–H and O–H groups in total. The minimum Gasteiger partial charge on any atom is -0.342 e. The zero-order chi connectivity index (χ0) is 20.0. The molecule has 1 amide bonds. The van der Waals surface area contributed by atoms with Gasteiger partial charge in [0.1, 0.15) is 0 Å². The zero-order valence-electron chi connectivity index (χ0n) is 16.4. The van der Waals surface area contributed by atoms with Crippen molar-refractivity contribution in [2.75, 3.05) is 10.6 Å². The standard InChI is InChI=1S/C22H22N6O/c1-13-5-7-23-10-17(13)18-9-16-19(11-24-18)26-22(29)21(16)14(2)25-20-6-8-28(27-20)12-15-3-4-15/h5-11,15H,3-4,12H2,1-2H3,(H,25,27)(H,26,29)/b21-14-. The second-order valence-electron chi connectivity index (χ2n) is 7.75. The summed E-state index contributed by atoms with van der Waals surface area (Å²) >= 11 is 0. The molecule has 4 heterocycles. The van der Waals surface area contributed by atoms with Crippen LogP contribution in [0, 0.1) is 12.8 Å². The van der Waals surface area contributed by atoms with Crippen molar-refractivity contribution in [1.82, 2.24) is 19.7 Å². The first-order valence-corrected chi connectivity index (χ1v) is 9.82. The van der Waals surface area contributed by atoms with Gasteiger partial charge in [-0.25, -0.2) is 0 Å². The second kappa shape index (κ2) is 6.84. The smallest absolute Gasteiger partial charge is 0.258 e. The fourth-order valence-corrected chi connectivity index (χ4v) is 3.67. The molecular weight excluding hydrogens is 364 g/mol. The van der Waals surface area contributed by atoms with Crippen LogP contribution in [0.4, 0.5) is 11.5 Å².